The van der Waals surface area contributed by atoms with Crippen molar-refractivity contribution in [3.05, 3.63) is 24.3 Å². The molecule has 0 spiro atoms. The molecule has 3 N–H and O–H groups in total. The Morgan fingerprint density at radius 1 is 1.45 bits per heavy atom. The molecule has 1 heterocycles. The van der Waals surface area contributed by atoms with Gasteiger partial charge in [0.25, 0.3) is 0 Å². The molecule has 0 aromatic heterocycles. The van der Waals surface area contributed by atoms with Crippen LogP contribution < -0.4 is 10.5 Å². The van der Waals surface area contributed by atoms with Crippen LogP contribution in [0.3, 0.4) is 0 Å². The number of nitrogens with two attached hydrogens (primary N) is 1. The van der Waals surface area contributed by atoms with Crippen LogP contribution in [0, 0.1) is 5.92 Å². The number of rotatable bonds is 2. The van der Waals surface area contributed by atoms with Crippen molar-refractivity contribution in [1.29, 1.82) is 0 Å². The largest absolute Gasteiger partial charge is 0.324 e. The van der Waals surface area contributed by atoms with Crippen molar-refractivity contribution in [2.24, 2.45) is 11.1 Å². The van der Waals surface area contributed by atoms with Gasteiger partial charge in [0, 0.05) is 18.8 Å². The van der Waals surface area contributed by atoms with Gasteiger partial charge in [-0.1, -0.05) is 13.0 Å². The van der Waals surface area contributed by atoms with E-state index in [0.29, 0.717) is 11.6 Å². The summed E-state index contributed by atoms with van der Waals surface area (Å²) in [5.41, 5.74) is 0.430. The molecule has 1 saturated heterocycles. The molecule has 110 valence electrons. The Kier molecular flexibility index (Phi) is 4.29. The molecule has 1 aromatic rings. The zero-order valence-corrected chi connectivity index (χ0v) is 12.2. The average Bonchev–Trinajstić information content (AvgIpc) is 2.38. The van der Waals surface area contributed by atoms with Gasteiger partial charge in [-0.15, -0.1) is 0 Å². The van der Waals surface area contributed by atoms with Crippen LogP contribution in [-0.2, 0) is 10.0 Å². The highest BCUT2D eigenvalue weighted by Crippen LogP contribution is 2.18. The maximum absolute atomic E-state index is 12.1. The van der Waals surface area contributed by atoms with Crippen LogP contribution in [0.15, 0.2) is 29.2 Å². The molecular weight excluding hydrogens is 278 g/mol. The topological polar surface area (TPSA) is 92.5 Å². The van der Waals surface area contributed by atoms with E-state index in [0.717, 1.165) is 25.9 Å². The fourth-order valence-corrected chi connectivity index (χ4v) is 2.89. The quantitative estimate of drug-likeness (QED) is 0.868. The molecule has 1 unspecified atom stereocenters. The first-order chi connectivity index (χ1) is 9.36. The van der Waals surface area contributed by atoms with Gasteiger partial charge in [0.15, 0.2) is 0 Å². The molecule has 1 aliphatic rings. The number of piperidine rings is 1. The second-order valence-electron chi connectivity index (χ2n) is 5.20. The van der Waals surface area contributed by atoms with Crippen LogP contribution in [-0.4, -0.2) is 32.4 Å². The van der Waals surface area contributed by atoms with Gasteiger partial charge < -0.3 is 10.2 Å². The van der Waals surface area contributed by atoms with Crippen molar-refractivity contribution in [1.82, 2.24) is 4.90 Å². The van der Waals surface area contributed by atoms with E-state index in [2.05, 4.69) is 12.2 Å². The van der Waals surface area contributed by atoms with E-state index < -0.39 is 10.0 Å². The molecule has 1 fully saturated rings. The molecule has 0 radical (unpaired) electrons. The number of likely N-dealkylation sites (tertiary alicyclic amines) is 1. The zero-order chi connectivity index (χ0) is 14.8. The minimum atomic E-state index is -3.76. The van der Waals surface area contributed by atoms with Crippen LogP contribution in [0.5, 0.6) is 0 Å². The Labute approximate surface area is 119 Å². The number of carbonyl (C=O) groups is 1. The van der Waals surface area contributed by atoms with Gasteiger partial charge in [-0.25, -0.2) is 18.4 Å². The Bertz CT molecular complexity index is 601. The summed E-state index contributed by atoms with van der Waals surface area (Å²) >= 11 is 0. The summed E-state index contributed by atoms with van der Waals surface area (Å²) in [7, 11) is -3.76. The van der Waals surface area contributed by atoms with Crippen molar-refractivity contribution in [2.75, 3.05) is 18.4 Å². The number of nitrogens with zero attached hydrogens (tertiary/aromatic N) is 1. The molecule has 0 aliphatic carbocycles. The van der Waals surface area contributed by atoms with E-state index in [4.69, 9.17) is 5.14 Å². The second kappa shape index (κ2) is 5.80. The summed E-state index contributed by atoms with van der Waals surface area (Å²) in [6, 6.07) is 5.74. The first-order valence-corrected chi connectivity index (χ1v) is 8.09. The number of hydrogen-bond donors (Lipinski definition) is 2. The van der Waals surface area contributed by atoms with E-state index in [1.807, 2.05) is 0 Å². The summed E-state index contributed by atoms with van der Waals surface area (Å²) < 4.78 is 22.5. The standard InChI is InChI=1S/C13H19N3O3S/c1-10-4-3-7-16(9-10)13(17)15-11-5-2-6-12(8-11)20(14,18)19/h2,5-6,8,10H,3-4,7,9H2,1H3,(H,15,17)(H2,14,18,19). The molecule has 2 rings (SSSR count). The van der Waals surface area contributed by atoms with Gasteiger partial charge in [-0.2, -0.15) is 0 Å². The minimum Gasteiger partial charge on any atom is -0.324 e. The van der Waals surface area contributed by atoms with Crippen LogP contribution in [0.4, 0.5) is 10.5 Å². The van der Waals surface area contributed by atoms with Crippen molar-refractivity contribution in [3.8, 4) is 0 Å². The fourth-order valence-electron chi connectivity index (χ4n) is 2.33. The molecule has 1 atom stereocenters. The third kappa shape index (κ3) is 3.71. The number of anilines is 1. The third-order valence-corrected chi connectivity index (χ3v) is 4.27. The van der Waals surface area contributed by atoms with E-state index in [-0.39, 0.29) is 10.9 Å². The highest BCUT2D eigenvalue weighted by molar-refractivity contribution is 7.89. The Morgan fingerprint density at radius 2 is 2.20 bits per heavy atom. The van der Waals surface area contributed by atoms with Crippen LogP contribution in [0.1, 0.15) is 19.8 Å². The Balaban J connectivity index is 2.08. The Morgan fingerprint density at radius 3 is 2.85 bits per heavy atom. The van der Waals surface area contributed by atoms with Crippen molar-refractivity contribution >= 4 is 21.7 Å². The minimum absolute atomic E-state index is 0.0117. The SMILES string of the molecule is CC1CCCN(C(=O)Nc2cccc(S(N)(=O)=O)c2)C1. The number of hydrogen-bond acceptors (Lipinski definition) is 3. The Hall–Kier alpha value is -1.60. The summed E-state index contributed by atoms with van der Waals surface area (Å²) in [5, 5.41) is 7.78. The van der Waals surface area contributed by atoms with Crippen LogP contribution in [0.2, 0.25) is 0 Å². The van der Waals surface area contributed by atoms with Crippen molar-refractivity contribution < 1.29 is 13.2 Å². The molecule has 2 amide bonds. The number of primary sulfonamides is 1. The van der Waals surface area contributed by atoms with Crippen LogP contribution in [0.25, 0.3) is 0 Å². The number of benzene rings is 1. The second-order valence-corrected chi connectivity index (χ2v) is 6.76. The summed E-state index contributed by atoms with van der Waals surface area (Å²) in [6.07, 6.45) is 2.12. The number of amides is 2. The number of nitrogens with one attached hydrogen (secondary N) is 1. The van der Waals surface area contributed by atoms with Gasteiger partial charge >= 0.3 is 6.03 Å². The zero-order valence-electron chi connectivity index (χ0n) is 11.4. The molecule has 1 aliphatic heterocycles. The lowest BCUT2D eigenvalue weighted by molar-refractivity contribution is 0.182. The number of sulfonamides is 1. The lowest BCUT2D eigenvalue weighted by atomic mass is 10.0. The van der Waals surface area contributed by atoms with Gasteiger partial charge in [0.2, 0.25) is 10.0 Å². The molecule has 6 nitrogen and oxygen atoms in total. The molecule has 0 saturated carbocycles. The monoisotopic (exact) mass is 297 g/mol. The normalized spacial score (nSPS) is 19.7. The fraction of sp³-hybridized carbons (Fsp3) is 0.462. The summed E-state index contributed by atoms with van der Waals surface area (Å²) in [5.74, 6) is 0.491. The van der Waals surface area contributed by atoms with Gasteiger partial charge in [0.1, 0.15) is 0 Å². The van der Waals surface area contributed by atoms with E-state index in [9.17, 15) is 13.2 Å². The molecule has 20 heavy (non-hydrogen) atoms. The molecule has 1 aromatic carbocycles. The predicted octanol–water partition coefficient (Wildman–Crippen LogP) is 1.60. The van der Waals surface area contributed by atoms with E-state index >= 15 is 0 Å². The first kappa shape index (κ1) is 14.8. The molecule has 0 bridgehead atoms. The summed E-state index contributed by atoms with van der Waals surface area (Å²) in [4.78, 5) is 13.8. The average molecular weight is 297 g/mol. The lowest BCUT2D eigenvalue weighted by Crippen LogP contribution is -2.41. The molecule has 7 heteroatoms. The highest BCUT2D eigenvalue weighted by atomic mass is 32.2. The maximum atomic E-state index is 12.1. The smallest absolute Gasteiger partial charge is 0.321 e. The summed E-state index contributed by atoms with van der Waals surface area (Å²) in [6.45, 7) is 3.56. The lowest BCUT2D eigenvalue weighted by Gasteiger charge is -2.30. The van der Waals surface area contributed by atoms with E-state index in [1.54, 1.807) is 17.0 Å². The van der Waals surface area contributed by atoms with Crippen molar-refractivity contribution in [3.63, 3.8) is 0 Å². The maximum Gasteiger partial charge on any atom is 0.321 e. The molecular formula is C13H19N3O3S. The number of carbonyl (C=O) groups excluding carboxylic acids is 1. The van der Waals surface area contributed by atoms with Gasteiger partial charge in [-0.3, -0.25) is 0 Å². The van der Waals surface area contributed by atoms with Crippen molar-refractivity contribution in [2.45, 2.75) is 24.7 Å². The van der Waals surface area contributed by atoms with Crippen LogP contribution >= 0.6 is 0 Å². The van der Waals surface area contributed by atoms with Gasteiger partial charge in [0.05, 0.1) is 4.90 Å². The first-order valence-electron chi connectivity index (χ1n) is 6.55. The van der Waals surface area contributed by atoms with Gasteiger partial charge in [-0.05, 0) is 37.0 Å². The van der Waals surface area contributed by atoms with E-state index in [1.165, 1.54) is 12.1 Å². The highest BCUT2D eigenvalue weighted by Gasteiger charge is 2.21. The predicted molar refractivity (Wildman–Crippen MR) is 76.8 cm³/mol. The number of urea groups is 1. The third-order valence-electron chi connectivity index (χ3n) is 3.36.